The molecule has 182 valence electrons. The van der Waals surface area contributed by atoms with Crippen LogP contribution in [0.1, 0.15) is 48.0 Å². The molecule has 0 saturated heterocycles. The van der Waals surface area contributed by atoms with Crippen molar-refractivity contribution in [3.05, 3.63) is 63.6 Å². The maximum Gasteiger partial charge on any atom is 0.326 e. The van der Waals surface area contributed by atoms with Gasteiger partial charge in [-0.15, -0.1) is 11.8 Å². The number of amides is 1. The Kier molecular flexibility index (Phi) is 10.6. The summed E-state index contributed by atoms with van der Waals surface area (Å²) < 4.78 is 5.80. The van der Waals surface area contributed by atoms with Gasteiger partial charge in [-0.1, -0.05) is 41.4 Å². The summed E-state index contributed by atoms with van der Waals surface area (Å²) in [5, 5.41) is 13.7. The van der Waals surface area contributed by atoms with Crippen LogP contribution in [0.15, 0.2) is 47.5 Å². The molecule has 0 aromatic heterocycles. The molecule has 6 nitrogen and oxygen atoms in total. The topological polar surface area (TPSA) is 88.0 Å². The largest absolute Gasteiger partial charge is 0.494 e. The first-order valence-electron chi connectivity index (χ1n) is 11.3. The summed E-state index contributed by atoms with van der Waals surface area (Å²) in [7, 11) is 0. The molecule has 2 aromatic rings. The van der Waals surface area contributed by atoms with E-state index in [9.17, 15) is 14.7 Å². The number of aliphatic imine (C=N–C) groups is 1. The van der Waals surface area contributed by atoms with Crippen molar-refractivity contribution in [2.75, 3.05) is 18.9 Å². The minimum absolute atomic E-state index is 0.0614. The number of aliphatic carboxylic acids is 1. The van der Waals surface area contributed by atoms with Crippen molar-refractivity contribution >= 4 is 51.9 Å². The lowest BCUT2D eigenvalue weighted by Crippen LogP contribution is -2.42. The normalized spacial score (nSPS) is 14.2. The number of ether oxygens (including phenoxy) is 1. The quantitative estimate of drug-likeness (QED) is 0.339. The first-order valence-corrected chi connectivity index (χ1v) is 13.0. The fourth-order valence-corrected chi connectivity index (χ4v) is 5.05. The van der Waals surface area contributed by atoms with E-state index in [1.165, 1.54) is 29.4 Å². The van der Waals surface area contributed by atoms with Gasteiger partial charge in [-0.05, 0) is 61.9 Å². The maximum atomic E-state index is 12.6. The second-order valence-corrected chi connectivity index (χ2v) is 9.93. The first-order chi connectivity index (χ1) is 16.4. The Morgan fingerprint density at radius 2 is 1.82 bits per heavy atom. The van der Waals surface area contributed by atoms with Gasteiger partial charge < -0.3 is 15.2 Å². The van der Waals surface area contributed by atoms with Crippen LogP contribution in [0, 0.1) is 0 Å². The standard InChI is InChI=1S/C25H28Cl2N2O4S/c26-19-6-4-7-20(27)23(19)24(30)29-21(25(31)32)16-17-9-11-18(12-10-17)33-14-3-1-2-8-22-28-13-5-15-34-22/h4,6-7,9-12,21H,1-3,5,8,13-16H2,(H,29,30)(H,31,32). The number of nitrogens with one attached hydrogen (secondary N) is 1. The number of hydrogen-bond acceptors (Lipinski definition) is 5. The molecule has 3 rings (SSSR count). The van der Waals surface area contributed by atoms with Gasteiger partial charge in [-0.25, -0.2) is 4.79 Å². The highest BCUT2D eigenvalue weighted by Gasteiger charge is 2.23. The van der Waals surface area contributed by atoms with E-state index in [0.717, 1.165) is 43.5 Å². The average Bonchev–Trinajstić information content (AvgIpc) is 2.82. The number of carbonyl (C=O) groups is 2. The molecule has 1 atom stereocenters. The minimum atomic E-state index is -1.14. The minimum Gasteiger partial charge on any atom is -0.494 e. The summed E-state index contributed by atoms with van der Waals surface area (Å²) in [6.07, 6.45) is 5.54. The molecule has 1 aliphatic rings. The lowest BCUT2D eigenvalue weighted by molar-refractivity contribution is -0.139. The second kappa shape index (κ2) is 13.6. The molecular formula is C25H28Cl2N2O4S. The highest BCUT2D eigenvalue weighted by molar-refractivity contribution is 8.14. The number of benzene rings is 2. The van der Waals surface area contributed by atoms with Crippen LogP contribution >= 0.6 is 35.0 Å². The number of carboxylic acids is 1. The monoisotopic (exact) mass is 522 g/mol. The zero-order chi connectivity index (χ0) is 24.3. The van der Waals surface area contributed by atoms with Gasteiger partial charge in [0, 0.05) is 18.7 Å². The summed E-state index contributed by atoms with van der Waals surface area (Å²) >= 11 is 14.0. The van der Waals surface area contributed by atoms with E-state index in [-0.39, 0.29) is 22.0 Å². The van der Waals surface area contributed by atoms with Crippen LogP contribution in [0.4, 0.5) is 0 Å². The van der Waals surface area contributed by atoms with Gasteiger partial charge in [0.2, 0.25) is 0 Å². The highest BCUT2D eigenvalue weighted by atomic mass is 35.5. The number of thioether (sulfide) groups is 1. The van der Waals surface area contributed by atoms with Crippen molar-refractivity contribution in [1.82, 2.24) is 5.32 Å². The van der Waals surface area contributed by atoms with E-state index in [1.54, 1.807) is 18.2 Å². The molecule has 0 spiro atoms. The Morgan fingerprint density at radius 3 is 2.47 bits per heavy atom. The fourth-order valence-electron chi connectivity index (χ4n) is 3.50. The van der Waals surface area contributed by atoms with E-state index >= 15 is 0 Å². The third-order valence-electron chi connectivity index (χ3n) is 5.32. The Balaban J connectivity index is 1.44. The molecule has 1 amide bonds. The highest BCUT2D eigenvalue weighted by Crippen LogP contribution is 2.24. The van der Waals surface area contributed by atoms with Gasteiger partial charge in [-0.2, -0.15) is 0 Å². The average molecular weight is 523 g/mol. The predicted octanol–water partition coefficient (Wildman–Crippen LogP) is 5.89. The zero-order valence-electron chi connectivity index (χ0n) is 18.8. The van der Waals surface area contributed by atoms with Crippen LogP contribution < -0.4 is 10.1 Å². The summed E-state index contributed by atoms with van der Waals surface area (Å²) in [4.78, 5) is 28.8. The van der Waals surface area contributed by atoms with Gasteiger partial charge in [0.15, 0.2) is 0 Å². The van der Waals surface area contributed by atoms with E-state index < -0.39 is 17.9 Å². The lowest BCUT2D eigenvalue weighted by atomic mass is 10.1. The summed E-state index contributed by atoms with van der Waals surface area (Å²) in [5.74, 6) is 0.147. The van der Waals surface area contributed by atoms with Crippen molar-refractivity contribution in [2.45, 2.75) is 44.6 Å². The number of nitrogens with zero attached hydrogens (tertiary/aromatic N) is 1. The molecular weight excluding hydrogens is 495 g/mol. The van der Waals surface area contributed by atoms with Crippen molar-refractivity contribution in [3.63, 3.8) is 0 Å². The Labute approximate surface area is 214 Å². The summed E-state index contributed by atoms with van der Waals surface area (Å²) in [5.41, 5.74) is 0.822. The molecule has 0 saturated carbocycles. The molecule has 2 aromatic carbocycles. The van der Waals surface area contributed by atoms with E-state index in [1.807, 2.05) is 23.9 Å². The number of halogens is 2. The number of hydrogen-bond donors (Lipinski definition) is 2. The Morgan fingerprint density at radius 1 is 1.09 bits per heavy atom. The molecule has 0 radical (unpaired) electrons. The second-order valence-electron chi connectivity index (χ2n) is 7.95. The molecule has 0 aliphatic carbocycles. The molecule has 1 heterocycles. The van der Waals surface area contributed by atoms with Crippen molar-refractivity contribution in [3.8, 4) is 5.75 Å². The zero-order valence-corrected chi connectivity index (χ0v) is 21.1. The third-order valence-corrected chi connectivity index (χ3v) is 7.11. The van der Waals surface area contributed by atoms with Crippen molar-refractivity contribution in [2.24, 2.45) is 4.99 Å². The van der Waals surface area contributed by atoms with E-state index in [4.69, 9.17) is 27.9 Å². The predicted molar refractivity (Wildman–Crippen MR) is 139 cm³/mol. The number of rotatable bonds is 12. The molecule has 1 aliphatic heterocycles. The molecule has 0 bridgehead atoms. The van der Waals surface area contributed by atoms with Gasteiger partial charge in [0.25, 0.3) is 5.91 Å². The SMILES string of the molecule is O=C(NC(Cc1ccc(OCCCCCC2=NCCCS2)cc1)C(=O)O)c1c(Cl)cccc1Cl. The van der Waals surface area contributed by atoms with Crippen LogP contribution in [0.25, 0.3) is 0 Å². The van der Waals surface area contributed by atoms with Gasteiger partial charge in [0.1, 0.15) is 11.8 Å². The van der Waals surface area contributed by atoms with Crippen LogP contribution in [-0.2, 0) is 11.2 Å². The summed E-state index contributed by atoms with van der Waals surface area (Å²) in [6.45, 7) is 1.60. The van der Waals surface area contributed by atoms with Gasteiger partial charge in [-0.3, -0.25) is 9.79 Å². The third kappa shape index (κ3) is 8.22. The number of unbranched alkanes of at least 4 members (excludes halogenated alkanes) is 2. The molecule has 2 N–H and O–H groups in total. The van der Waals surface area contributed by atoms with Gasteiger partial charge in [0.05, 0.1) is 27.3 Å². The van der Waals surface area contributed by atoms with E-state index in [0.29, 0.717) is 6.61 Å². The lowest BCUT2D eigenvalue weighted by Gasteiger charge is -2.16. The van der Waals surface area contributed by atoms with Crippen LogP contribution in [-0.4, -0.2) is 47.0 Å². The van der Waals surface area contributed by atoms with Crippen LogP contribution in [0.3, 0.4) is 0 Å². The Bertz CT molecular complexity index is 994. The molecule has 34 heavy (non-hydrogen) atoms. The first kappa shape index (κ1) is 26.4. The number of carboxylic acid groups (broad SMARTS) is 1. The Hall–Kier alpha value is -2.22. The molecule has 1 unspecified atom stereocenters. The molecule has 0 fully saturated rings. The fraction of sp³-hybridized carbons (Fsp3) is 0.400. The van der Waals surface area contributed by atoms with Crippen LogP contribution in [0.2, 0.25) is 10.0 Å². The summed E-state index contributed by atoms with van der Waals surface area (Å²) in [6, 6.07) is 10.8. The van der Waals surface area contributed by atoms with Crippen molar-refractivity contribution < 1.29 is 19.4 Å². The number of carbonyl (C=O) groups excluding carboxylic acids is 1. The maximum absolute atomic E-state index is 12.6. The smallest absolute Gasteiger partial charge is 0.326 e. The van der Waals surface area contributed by atoms with Crippen molar-refractivity contribution in [1.29, 1.82) is 0 Å². The van der Waals surface area contributed by atoms with E-state index in [2.05, 4.69) is 10.3 Å². The van der Waals surface area contributed by atoms with Gasteiger partial charge >= 0.3 is 5.97 Å². The molecule has 9 heteroatoms. The van der Waals surface area contributed by atoms with Crippen LogP contribution in [0.5, 0.6) is 5.75 Å².